The van der Waals surface area contributed by atoms with Crippen molar-refractivity contribution in [3.63, 3.8) is 0 Å². The van der Waals surface area contributed by atoms with E-state index < -0.39 is 0 Å². The normalized spacial score (nSPS) is 27.7. The van der Waals surface area contributed by atoms with Crippen LogP contribution in [-0.2, 0) is 11.3 Å². The Labute approximate surface area is 137 Å². The standard InChI is InChI=1S/C17H27N3O3/c1-11-8-13(23-12(11)2)9-20-10-14(18-17(21)19(3)4)16-15(20)6-5-7-22-16/h8,14-16H,5-7,9-10H2,1-4H3,(H,18,21)/t14-,15-,16-/m1/s1. The first-order valence-corrected chi connectivity index (χ1v) is 8.35. The van der Waals surface area contributed by atoms with E-state index in [1.165, 1.54) is 5.56 Å². The smallest absolute Gasteiger partial charge is 0.317 e. The lowest BCUT2D eigenvalue weighted by Gasteiger charge is -2.32. The van der Waals surface area contributed by atoms with E-state index in [1.54, 1.807) is 19.0 Å². The number of carbonyl (C=O) groups is 1. The fourth-order valence-corrected chi connectivity index (χ4v) is 3.58. The van der Waals surface area contributed by atoms with Crippen molar-refractivity contribution in [1.29, 1.82) is 0 Å². The van der Waals surface area contributed by atoms with Crippen molar-refractivity contribution < 1.29 is 13.9 Å². The molecule has 0 unspecified atom stereocenters. The van der Waals surface area contributed by atoms with Crippen LogP contribution in [-0.4, -0.2) is 61.3 Å². The van der Waals surface area contributed by atoms with Crippen LogP contribution in [0.3, 0.4) is 0 Å². The molecule has 3 atom stereocenters. The second-order valence-electron chi connectivity index (χ2n) is 6.88. The highest BCUT2D eigenvalue weighted by molar-refractivity contribution is 5.74. The van der Waals surface area contributed by atoms with Crippen molar-refractivity contribution >= 4 is 6.03 Å². The van der Waals surface area contributed by atoms with Gasteiger partial charge in [-0.2, -0.15) is 0 Å². The number of hydrogen-bond acceptors (Lipinski definition) is 4. The molecular formula is C17H27N3O3. The van der Waals surface area contributed by atoms with Gasteiger partial charge in [-0.25, -0.2) is 4.79 Å². The average molecular weight is 321 g/mol. The third-order valence-electron chi connectivity index (χ3n) is 4.92. The van der Waals surface area contributed by atoms with Gasteiger partial charge in [0.1, 0.15) is 11.5 Å². The minimum Gasteiger partial charge on any atom is -0.465 e. The summed E-state index contributed by atoms with van der Waals surface area (Å²) >= 11 is 0. The lowest BCUT2D eigenvalue weighted by Crippen LogP contribution is -2.50. The van der Waals surface area contributed by atoms with Crippen molar-refractivity contribution in [2.75, 3.05) is 27.2 Å². The molecule has 0 radical (unpaired) electrons. The highest BCUT2D eigenvalue weighted by Gasteiger charge is 2.44. The highest BCUT2D eigenvalue weighted by atomic mass is 16.5. The van der Waals surface area contributed by atoms with Gasteiger partial charge >= 0.3 is 6.03 Å². The number of furan rings is 1. The van der Waals surface area contributed by atoms with Gasteiger partial charge < -0.3 is 19.4 Å². The van der Waals surface area contributed by atoms with Gasteiger partial charge in [0.2, 0.25) is 0 Å². The number of likely N-dealkylation sites (tertiary alicyclic amines) is 1. The number of nitrogens with zero attached hydrogens (tertiary/aromatic N) is 2. The number of aryl methyl sites for hydroxylation is 2. The van der Waals surface area contributed by atoms with E-state index in [0.717, 1.165) is 44.1 Å². The van der Waals surface area contributed by atoms with E-state index in [9.17, 15) is 4.79 Å². The maximum atomic E-state index is 12.0. The number of fused-ring (bicyclic) bond motifs is 1. The number of carbonyl (C=O) groups excluding carboxylic acids is 1. The molecule has 1 aromatic rings. The number of nitrogens with one attached hydrogen (secondary N) is 1. The van der Waals surface area contributed by atoms with E-state index >= 15 is 0 Å². The van der Waals surface area contributed by atoms with E-state index in [2.05, 4.69) is 23.2 Å². The first-order valence-electron chi connectivity index (χ1n) is 8.35. The Morgan fingerprint density at radius 2 is 2.22 bits per heavy atom. The second-order valence-corrected chi connectivity index (χ2v) is 6.88. The molecule has 3 rings (SSSR count). The predicted molar refractivity (Wildman–Crippen MR) is 87.4 cm³/mol. The Bertz CT molecular complexity index is 550. The summed E-state index contributed by atoms with van der Waals surface area (Å²) in [5.74, 6) is 1.97. The van der Waals surface area contributed by atoms with Gasteiger partial charge in [0.15, 0.2) is 0 Å². The van der Waals surface area contributed by atoms with Crippen LogP contribution in [0.4, 0.5) is 4.79 Å². The molecule has 1 N–H and O–H groups in total. The molecule has 2 aliphatic rings. The highest BCUT2D eigenvalue weighted by Crippen LogP contribution is 2.31. The fraction of sp³-hybridized carbons (Fsp3) is 0.706. The largest absolute Gasteiger partial charge is 0.465 e. The number of hydrogen-bond donors (Lipinski definition) is 1. The van der Waals surface area contributed by atoms with Gasteiger partial charge in [-0.3, -0.25) is 4.90 Å². The summed E-state index contributed by atoms with van der Waals surface area (Å²) in [6.45, 7) is 6.41. The van der Waals surface area contributed by atoms with Gasteiger partial charge in [0.05, 0.1) is 18.7 Å². The molecule has 2 fully saturated rings. The van der Waals surface area contributed by atoms with Crippen LogP contribution in [0.15, 0.2) is 10.5 Å². The Morgan fingerprint density at radius 1 is 1.43 bits per heavy atom. The molecule has 6 nitrogen and oxygen atoms in total. The zero-order chi connectivity index (χ0) is 16.6. The summed E-state index contributed by atoms with van der Waals surface area (Å²) < 4.78 is 11.8. The molecule has 0 aromatic carbocycles. The number of urea groups is 1. The third-order valence-corrected chi connectivity index (χ3v) is 4.92. The first-order chi connectivity index (χ1) is 11.0. The van der Waals surface area contributed by atoms with Crippen LogP contribution >= 0.6 is 0 Å². The van der Waals surface area contributed by atoms with Gasteiger partial charge in [-0.15, -0.1) is 0 Å². The zero-order valence-corrected chi connectivity index (χ0v) is 14.5. The first kappa shape index (κ1) is 16.3. The molecule has 6 heteroatoms. The third kappa shape index (κ3) is 3.38. The fourth-order valence-electron chi connectivity index (χ4n) is 3.58. The molecule has 0 spiro atoms. The average Bonchev–Trinajstić information content (AvgIpc) is 3.01. The number of amides is 2. The molecular weight excluding hydrogens is 294 g/mol. The lowest BCUT2D eigenvalue weighted by atomic mass is 10.0. The number of ether oxygens (including phenoxy) is 1. The second kappa shape index (κ2) is 6.53. The zero-order valence-electron chi connectivity index (χ0n) is 14.5. The van der Waals surface area contributed by atoms with Crippen molar-refractivity contribution in [1.82, 2.24) is 15.1 Å². The van der Waals surface area contributed by atoms with Crippen LogP contribution in [0, 0.1) is 13.8 Å². The summed E-state index contributed by atoms with van der Waals surface area (Å²) in [6.07, 6.45) is 2.25. The topological polar surface area (TPSA) is 58.0 Å². The molecule has 128 valence electrons. The van der Waals surface area contributed by atoms with Crippen LogP contribution in [0.2, 0.25) is 0 Å². The minimum atomic E-state index is -0.0607. The molecule has 0 saturated carbocycles. The Kier molecular flexibility index (Phi) is 4.64. The quantitative estimate of drug-likeness (QED) is 0.924. The van der Waals surface area contributed by atoms with Crippen molar-refractivity contribution in [2.24, 2.45) is 0 Å². The van der Waals surface area contributed by atoms with E-state index in [4.69, 9.17) is 9.15 Å². The summed E-state index contributed by atoms with van der Waals surface area (Å²) in [6, 6.07) is 2.43. The Hall–Kier alpha value is -1.53. The maximum Gasteiger partial charge on any atom is 0.317 e. The van der Waals surface area contributed by atoms with Crippen LogP contribution in [0.25, 0.3) is 0 Å². The molecule has 2 saturated heterocycles. The Balaban J connectivity index is 1.71. The van der Waals surface area contributed by atoms with Crippen LogP contribution in [0.1, 0.15) is 29.9 Å². The van der Waals surface area contributed by atoms with Crippen molar-refractivity contribution in [3.8, 4) is 0 Å². The van der Waals surface area contributed by atoms with Crippen LogP contribution in [0.5, 0.6) is 0 Å². The molecule has 2 aliphatic heterocycles. The van der Waals surface area contributed by atoms with Crippen LogP contribution < -0.4 is 5.32 Å². The Morgan fingerprint density at radius 3 is 2.87 bits per heavy atom. The monoisotopic (exact) mass is 321 g/mol. The SMILES string of the molecule is Cc1cc(CN2C[C@@H](NC(=O)N(C)C)[C@H]3OCCC[C@H]32)oc1C. The van der Waals surface area contributed by atoms with Crippen molar-refractivity contribution in [3.05, 3.63) is 23.2 Å². The summed E-state index contributed by atoms with van der Waals surface area (Å²) in [5.41, 5.74) is 1.19. The van der Waals surface area contributed by atoms with Gasteiger partial charge in [0.25, 0.3) is 0 Å². The van der Waals surface area contributed by atoms with E-state index in [-0.39, 0.29) is 18.2 Å². The minimum absolute atomic E-state index is 0.0346. The summed E-state index contributed by atoms with van der Waals surface area (Å²) in [7, 11) is 3.52. The maximum absolute atomic E-state index is 12.0. The number of rotatable bonds is 3. The molecule has 0 bridgehead atoms. The van der Waals surface area contributed by atoms with E-state index in [1.807, 2.05) is 6.92 Å². The molecule has 23 heavy (non-hydrogen) atoms. The molecule has 3 heterocycles. The molecule has 0 aliphatic carbocycles. The summed E-state index contributed by atoms with van der Waals surface area (Å²) in [4.78, 5) is 16.0. The molecule has 2 amide bonds. The predicted octanol–water partition coefficient (Wildman–Crippen LogP) is 1.90. The van der Waals surface area contributed by atoms with E-state index in [0.29, 0.717) is 6.04 Å². The molecule has 1 aromatic heterocycles. The lowest BCUT2D eigenvalue weighted by molar-refractivity contribution is -0.0215. The van der Waals surface area contributed by atoms with Gasteiger partial charge in [-0.05, 0) is 38.3 Å². The van der Waals surface area contributed by atoms with Crippen molar-refractivity contribution in [2.45, 2.75) is 51.4 Å². The van der Waals surface area contributed by atoms with Gasteiger partial charge in [0, 0.05) is 33.3 Å². The van der Waals surface area contributed by atoms with Gasteiger partial charge in [-0.1, -0.05) is 0 Å². The summed E-state index contributed by atoms with van der Waals surface area (Å²) in [5, 5.41) is 3.10.